The molecule has 2 amide bonds. The molecule has 5 nitrogen and oxygen atoms in total. The molecule has 2 rings (SSSR count). The molecule has 0 unspecified atom stereocenters. The molecule has 0 aliphatic heterocycles. The quantitative estimate of drug-likeness (QED) is 0.780. The average Bonchev–Trinajstić information content (AvgIpc) is 2.57. The van der Waals surface area contributed by atoms with Gasteiger partial charge in [0.1, 0.15) is 5.75 Å². The maximum absolute atomic E-state index is 12.4. The number of hydrogen-bond donors (Lipinski definition) is 2. The fourth-order valence-corrected chi connectivity index (χ4v) is 2.90. The first-order valence-corrected chi connectivity index (χ1v) is 9.07. The molecule has 0 fully saturated rings. The van der Waals surface area contributed by atoms with Gasteiger partial charge in [0.05, 0.1) is 6.54 Å². The number of carbonyl (C=O) groups excluding carboxylic acids is 2. The lowest BCUT2D eigenvalue weighted by molar-refractivity contribution is -0.135. The van der Waals surface area contributed by atoms with Gasteiger partial charge >= 0.3 is 0 Å². The number of benzene rings is 2. The van der Waals surface area contributed by atoms with Crippen LogP contribution in [0, 0.1) is 20.8 Å². The third-order valence-electron chi connectivity index (χ3n) is 4.08. The normalized spacial score (nSPS) is 11.0. The maximum Gasteiger partial charge on any atom is 0.264 e. The number of ether oxygens (including phenoxy) is 1. The summed E-state index contributed by atoms with van der Waals surface area (Å²) in [5.74, 6) is -0.152. The van der Waals surface area contributed by atoms with Crippen LogP contribution in [0.4, 0.5) is 5.69 Å². The van der Waals surface area contributed by atoms with Crippen molar-refractivity contribution in [1.29, 1.82) is 0 Å². The van der Waals surface area contributed by atoms with Crippen LogP contribution in [0.3, 0.4) is 0 Å². The summed E-state index contributed by atoms with van der Waals surface area (Å²) < 4.78 is 5.72. The number of aryl methyl sites for hydroxylation is 3. The zero-order valence-corrected chi connectivity index (χ0v) is 17.0. The predicted octanol–water partition coefficient (Wildman–Crippen LogP) is 4.18. The van der Waals surface area contributed by atoms with Crippen LogP contribution in [-0.4, -0.2) is 24.0 Å². The number of hydrogen-bond acceptors (Lipinski definition) is 3. The van der Waals surface area contributed by atoms with E-state index in [-0.39, 0.29) is 18.4 Å². The molecule has 0 saturated heterocycles. The van der Waals surface area contributed by atoms with Gasteiger partial charge in [-0.25, -0.2) is 0 Å². The summed E-state index contributed by atoms with van der Waals surface area (Å²) >= 11 is 5.85. The average molecular weight is 389 g/mol. The molecule has 0 saturated carbocycles. The molecule has 0 atom stereocenters. The van der Waals surface area contributed by atoms with Crippen LogP contribution >= 0.6 is 11.6 Å². The van der Waals surface area contributed by atoms with E-state index in [4.69, 9.17) is 16.3 Å². The third kappa shape index (κ3) is 5.73. The van der Waals surface area contributed by atoms with E-state index in [0.29, 0.717) is 10.8 Å². The fraction of sp³-hybridized carbons (Fsp3) is 0.333. The monoisotopic (exact) mass is 388 g/mol. The van der Waals surface area contributed by atoms with Crippen LogP contribution in [0.25, 0.3) is 0 Å². The Morgan fingerprint density at radius 3 is 2.15 bits per heavy atom. The van der Waals surface area contributed by atoms with Crippen LogP contribution in [0.2, 0.25) is 5.02 Å². The lowest BCUT2D eigenvalue weighted by Gasteiger charge is -2.25. The van der Waals surface area contributed by atoms with Gasteiger partial charge in [-0.3, -0.25) is 9.59 Å². The van der Waals surface area contributed by atoms with Gasteiger partial charge in [-0.15, -0.1) is 0 Å². The zero-order chi connectivity index (χ0) is 20.2. The molecule has 2 N–H and O–H groups in total. The fourth-order valence-electron chi connectivity index (χ4n) is 2.78. The summed E-state index contributed by atoms with van der Waals surface area (Å²) in [5.41, 5.74) is 2.75. The van der Waals surface area contributed by atoms with Crippen molar-refractivity contribution in [3.05, 3.63) is 58.1 Å². The number of halogens is 1. The topological polar surface area (TPSA) is 67.4 Å². The molecule has 0 aliphatic carbocycles. The van der Waals surface area contributed by atoms with Crippen molar-refractivity contribution >= 4 is 29.1 Å². The molecular weight excluding hydrogens is 364 g/mol. The van der Waals surface area contributed by atoms with E-state index in [2.05, 4.69) is 10.6 Å². The Morgan fingerprint density at radius 1 is 1.04 bits per heavy atom. The van der Waals surface area contributed by atoms with Crippen molar-refractivity contribution in [3.8, 4) is 5.75 Å². The number of rotatable bonds is 6. The molecule has 27 heavy (non-hydrogen) atoms. The van der Waals surface area contributed by atoms with Crippen LogP contribution in [0.5, 0.6) is 5.75 Å². The van der Waals surface area contributed by atoms with E-state index in [1.807, 2.05) is 32.9 Å². The van der Waals surface area contributed by atoms with Gasteiger partial charge < -0.3 is 15.4 Å². The number of amides is 2. The van der Waals surface area contributed by atoms with Gasteiger partial charge in [-0.2, -0.15) is 0 Å². The van der Waals surface area contributed by atoms with Crippen LogP contribution in [0.15, 0.2) is 36.4 Å². The van der Waals surface area contributed by atoms with Crippen LogP contribution in [0.1, 0.15) is 30.5 Å². The third-order valence-corrected chi connectivity index (χ3v) is 4.34. The van der Waals surface area contributed by atoms with Crippen molar-refractivity contribution in [3.63, 3.8) is 0 Å². The molecule has 0 aliphatic rings. The molecule has 6 heteroatoms. The number of nitrogens with one attached hydrogen (secondary N) is 2. The minimum Gasteiger partial charge on any atom is -0.478 e. The van der Waals surface area contributed by atoms with Crippen molar-refractivity contribution in [2.75, 3.05) is 11.9 Å². The molecular formula is C21H25ClN2O3. The largest absolute Gasteiger partial charge is 0.478 e. The second-order valence-corrected chi connectivity index (χ2v) is 7.51. The molecule has 0 heterocycles. The zero-order valence-electron chi connectivity index (χ0n) is 16.3. The van der Waals surface area contributed by atoms with Gasteiger partial charge in [0.2, 0.25) is 5.91 Å². The van der Waals surface area contributed by atoms with Gasteiger partial charge in [-0.1, -0.05) is 29.3 Å². The van der Waals surface area contributed by atoms with Gasteiger partial charge in [0.25, 0.3) is 5.91 Å². The van der Waals surface area contributed by atoms with Gasteiger partial charge in [0, 0.05) is 10.7 Å². The Kier molecular flexibility index (Phi) is 6.50. The molecule has 0 radical (unpaired) electrons. The summed E-state index contributed by atoms with van der Waals surface area (Å²) in [7, 11) is 0. The van der Waals surface area contributed by atoms with E-state index in [1.54, 1.807) is 38.1 Å². The smallest absolute Gasteiger partial charge is 0.264 e. The summed E-state index contributed by atoms with van der Waals surface area (Å²) in [5, 5.41) is 6.07. The van der Waals surface area contributed by atoms with E-state index >= 15 is 0 Å². The van der Waals surface area contributed by atoms with Crippen molar-refractivity contribution in [1.82, 2.24) is 5.32 Å². The van der Waals surface area contributed by atoms with E-state index in [9.17, 15) is 9.59 Å². The minimum absolute atomic E-state index is 0.140. The SMILES string of the molecule is Cc1cc(C)c(NC(=O)CNC(=O)C(C)(C)Oc2ccc(Cl)cc2)c(C)c1. The highest BCUT2D eigenvalue weighted by atomic mass is 35.5. The van der Waals surface area contributed by atoms with E-state index < -0.39 is 5.60 Å². The Hall–Kier alpha value is -2.53. The Labute approximate surface area is 165 Å². The molecule has 0 bridgehead atoms. The number of anilines is 1. The Balaban J connectivity index is 1.94. The van der Waals surface area contributed by atoms with Crippen LogP contribution < -0.4 is 15.4 Å². The van der Waals surface area contributed by atoms with Gasteiger partial charge in [-0.05, 0) is 70.0 Å². The number of carbonyl (C=O) groups is 2. The van der Waals surface area contributed by atoms with Crippen molar-refractivity contribution in [2.45, 2.75) is 40.2 Å². The van der Waals surface area contributed by atoms with Crippen LogP contribution in [-0.2, 0) is 9.59 Å². The molecule has 2 aromatic rings. The van der Waals surface area contributed by atoms with Crippen molar-refractivity contribution in [2.24, 2.45) is 0 Å². The highest BCUT2D eigenvalue weighted by Gasteiger charge is 2.30. The second-order valence-electron chi connectivity index (χ2n) is 7.07. The molecule has 0 aromatic heterocycles. The highest BCUT2D eigenvalue weighted by molar-refractivity contribution is 6.30. The summed E-state index contributed by atoms with van der Waals surface area (Å²) in [6, 6.07) is 10.8. The maximum atomic E-state index is 12.4. The predicted molar refractivity (Wildman–Crippen MR) is 108 cm³/mol. The van der Waals surface area contributed by atoms with Crippen molar-refractivity contribution < 1.29 is 14.3 Å². The molecule has 144 valence electrons. The molecule has 0 spiro atoms. The second kappa shape index (κ2) is 8.44. The first kappa shape index (κ1) is 20.8. The Bertz CT molecular complexity index is 822. The lowest BCUT2D eigenvalue weighted by Crippen LogP contribution is -2.48. The summed E-state index contributed by atoms with van der Waals surface area (Å²) in [4.78, 5) is 24.7. The molecule has 2 aromatic carbocycles. The lowest BCUT2D eigenvalue weighted by atomic mass is 10.1. The Morgan fingerprint density at radius 2 is 1.59 bits per heavy atom. The van der Waals surface area contributed by atoms with Gasteiger partial charge in [0.15, 0.2) is 5.60 Å². The summed E-state index contributed by atoms with van der Waals surface area (Å²) in [6.45, 7) is 9.04. The first-order chi connectivity index (χ1) is 12.6. The first-order valence-electron chi connectivity index (χ1n) is 8.69. The van der Waals surface area contributed by atoms with E-state index in [1.165, 1.54) is 0 Å². The minimum atomic E-state index is -1.14. The highest BCUT2D eigenvalue weighted by Crippen LogP contribution is 2.22. The van der Waals surface area contributed by atoms with E-state index in [0.717, 1.165) is 22.4 Å². The summed E-state index contributed by atoms with van der Waals surface area (Å²) in [6.07, 6.45) is 0. The standard InChI is InChI=1S/C21H25ClN2O3/c1-13-10-14(2)19(15(3)11-13)24-18(25)12-23-20(26)21(4,5)27-17-8-6-16(22)7-9-17/h6-11H,12H2,1-5H3,(H,23,26)(H,24,25).